The first-order valence-corrected chi connectivity index (χ1v) is 13.3. The maximum absolute atomic E-state index is 13.4. The van der Waals surface area contributed by atoms with Gasteiger partial charge in [0.05, 0.1) is 16.9 Å². The quantitative estimate of drug-likeness (QED) is 0.563. The lowest BCUT2D eigenvalue weighted by Crippen LogP contribution is -2.34. The molecule has 2 aromatic carbocycles. The van der Waals surface area contributed by atoms with Crippen LogP contribution in [0.1, 0.15) is 68.3 Å². The maximum atomic E-state index is 13.4. The van der Waals surface area contributed by atoms with E-state index in [2.05, 4.69) is 0 Å². The molecule has 0 aromatic heterocycles. The van der Waals surface area contributed by atoms with E-state index in [-0.39, 0.29) is 23.9 Å². The van der Waals surface area contributed by atoms with Crippen LogP contribution in [-0.4, -0.2) is 32.1 Å². The molecular formula is C26H31NO4S. The Morgan fingerprint density at radius 1 is 1.00 bits per heavy atom. The van der Waals surface area contributed by atoms with Crippen molar-refractivity contribution in [3.8, 4) is 0 Å². The zero-order chi connectivity index (χ0) is 23.1. The Hall–Kier alpha value is -2.47. The van der Waals surface area contributed by atoms with Gasteiger partial charge in [-0.05, 0) is 68.0 Å². The van der Waals surface area contributed by atoms with Crippen LogP contribution in [0.15, 0.2) is 48.5 Å². The molecular weight excluding hydrogens is 422 g/mol. The molecule has 0 bridgehead atoms. The number of carbonyl (C=O) groups is 2. The number of amides is 1. The minimum absolute atomic E-state index is 0.0240. The molecule has 0 N–H and O–H groups in total. The molecule has 1 aliphatic heterocycles. The van der Waals surface area contributed by atoms with Crippen molar-refractivity contribution >= 4 is 32.9 Å². The van der Waals surface area contributed by atoms with Gasteiger partial charge in [0.25, 0.3) is 0 Å². The number of benzene rings is 2. The SMILES string of the molecule is CC1(C)C(=O)N(c2ccccc2)c2ccc(C(=O)CC3(CS(C)(=O)=O)CCCCC3)cc21. The molecule has 0 unspecified atom stereocenters. The Balaban J connectivity index is 1.67. The number of anilines is 2. The zero-order valence-corrected chi connectivity index (χ0v) is 19.9. The molecule has 0 radical (unpaired) electrons. The average Bonchev–Trinajstić information content (AvgIpc) is 2.93. The number of carbonyl (C=O) groups excluding carboxylic acids is 2. The number of nitrogens with zero attached hydrogens (tertiary/aromatic N) is 1. The van der Waals surface area contributed by atoms with E-state index in [1.54, 1.807) is 11.0 Å². The predicted molar refractivity (Wildman–Crippen MR) is 127 cm³/mol. The Bertz CT molecular complexity index is 1150. The van der Waals surface area contributed by atoms with E-state index < -0.39 is 20.7 Å². The van der Waals surface area contributed by atoms with E-state index in [1.165, 1.54) is 6.26 Å². The van der Waals surface area contributed by atoms with Crippen LogP contribution in [0.2, 0.25) is 0 Å². The Kier molecular flexibility index (Phi) is 5.78. The standard InChI is InChI=1S/C26H31NO4S/c1-25(2)21-16-19(12-13-22(21)27(24(25)29)20-10-6-4-7-11-20)23(28)17-26(18-32(3,30)31)14-8-5-9-15-26/h4,6-7,10-13,16H,5,8-9,14-15,17-18H2,1-3H3. The van der Waals surface area contributed by atoms with Crippen LogP contribution in [0, 0.1) is 5.41 Å². The van der Waals surface area contributed by atoms with Crippen LogP contribution in [0.5, 0.6) is 0 Å². The summed E-state index contributed by atoms with van der Waals surface area (Å²) in [7, 11) is -3.19. The van der Waals surface area contributed by atoms with Crippen molar-refractivity contribution in [1.82, 2.24) is 0 Å². The van der Waals surface area contributed by atoms with Crippen LogP contribution in [-0.2, 0) is 20.0 Å². The van der Waals surface area contributed by atoms with E-state index in [0.29, 0.717) is 5.56 Å². The highest BCUT2D eigenvalue weighted by molar-refractivity contribution is 7.90. The second kappa shape index (κ2) is 8.14. The Morgan fingerprint density at radius 3 is 2.28 bits per heavy atom. The molecule has 1 fully saturated rings. The first-order valence-electron chi connectivity index (χ1n) is 11.3. The molecule has 0 saturated heterocycles. The maximum Gasteiger partial charge on any atom is 0.241 e. The molecule has 1 heterocycles. The number of hydrogen-bond acceptors (Lipinski definition) is 4. The third-order valence-electron chi connectivity index (χ3n) is 7.00. The van der Waals surface area contributed by atoms with Gasteiger partial charge in [-0.3, -0.25) is 14.5 Å². The first kappa shape index (κ1) is 22.7. The van der Waals surface area contributed by atoms with Crippen molar-refractivity contribution in [3.63, 3.8) is 0 Å². The highest BCUT2D eigenvalue weighted by Gasteiger charge is 2.45. The highest BCUT2D eigenvalue weighted by atomic mass is 32.2. The fourth-order valence-corrected chi connectivity index (χ4v) is 6.92. The molecule has 1 aliphatic carbocycles. The van der Waals surface area contributed by atoms with Gasteiger partial charge < -0.3 is 0 Å². The molecule has 6 heteroatoms. The average molecular weight is 454 g/mol. The molecule has 32 heavy (non-hydrogen) atoms. The van der Waals surface area contributed by atoms with Gasteiger partial charge in [-0.2, -0.15) is 0 Å². The minimum atomic E-state index is -3.19. The second-order valence-electron chi connectivity index (χ2n) is 10.1. The number of sulfone groups is 1. The fraction of sp³-hybridized carbons (Fsp3) is 0.462. The summed E-state index contributed by atoms with van der Waals surface area (Å²) in [5.74, 6) is -0.00787. The third-order valence-corrected chi connectivity index (χ3v) is 8.14. The van der Waals surface area contributed by atoms with Gasteiger partial charge in [0.1, 0.15) is 9.84 Å². The molecule has 0 atom stereocenters. The topological polar surface area (TPSA) is 71.5 Å². The summed E-state index contributed by atoms with van der Waals surface area (Å²) in [6.45, 7) is 3.77. The molecule has 2 aromatic rings. The second-order valence-corrected chi connectivity index (χ2v) is 12.2. The summed E-state index contributed by atoms with van der Waals surface area (Å²) in [6, 6.07) is 15.0. The normalized spacial score (nSPS) is 19.6. The summed E-state index contributed by atoms with van der Waals surface area (Å²) < 4.78 is 24.2. The van der Waals surface area contributed by atoms with E-state index in [0.717, 1.165) is 49.0 Å². The molecule has 2 aliphatic rings. The number of hydrogen-bond donors (Lipinski definition) is 0. The van der Waals surface area contributed by atoms with Gasteiger partial charge >= 0.3 is 0 Å². The lowest BCUT2D eigenvalue weighted by Gasteiger charge is -2.36. The molecule has 0 spiro atoms. The summed E-state index contributed by atoms with van der Waals surface area (Å²) in [6.07, 6.45) is 6.03. The summed E-state index contributed by atoms with van der Waals surface area (Å²) in [4.78, 5) is 28.3. The van der Waals surface area contributed by atoms with Crippen molar-refractivity contribution in [1.29, 1.82) is 0 Å². The third kappa shape index (κ3) is 4.25. The molecule has 170 valence electrons. The number of para-hydroxylation sites is 1. The van der Waals surface area contributed by atoms with E-state index in [4.69, 9.17) is 0 Å². The van der Waals surface area contributed by atoms with Crippen molar-refractivity contribution in [2.45, 2.75) is 57.8 Å². The highest BCUT2D eigenvalue weighted by Crippen LogP contribution is 2.46. The van der Waals surface area contributed by atoms with Gasteiger partial charge in [0, 0.05) is 23.9 Å². The van der Waals surface area contributed by atoms with Crippen molar-refractivity contribution in [2.75, 3.05) is 16.9 Å². The van der Waals surface area contributed by atoms with Crippen molar-refractivity contribution in [3.05, 3.63) is 59.7 Å². The van der Waals surface area contributed by atoms with Gasteiger partial charge in [-0.1, -0.05) is 37.5 Å². The lowest BCUT2D eigenvalue weighted by atomic mass is 9.71. The summed E-state index contributed by atoms with van der Waals surface area (Å²) in [5.41, 5.74) is 1.75. The van der Waals surface area contributed by atoms with Gasteiger partial charge in [-0.15, -0.1) is 0 Å². The van der Waals surface area contributed by atoms with Crippen molar-refractivity contribution < 1.29 is 18.0 Å². The van der Waals surface area contributed by atoms with Crippen LogP contribution in [0.3, 0.4) is 0 Å². The van der Waals surface area contributed by atoms with Crippen LogP contribution >= 0.6 is 0 Å². The lowest BCUT2D eigenvalue weighted by molar-refractivity contribution is -0.121. The first-order chi connectivity index (χ1) is 15.0. The summed E-state index contributed by atoms with van der Waals surface area (Å²) in [5, 5.41) is 0. The van der Waals surface area contributed by atoms with E-state index in [9.17, 15) is 18.0 Å². The molecule has 4 rings (SSSR count). The molecule has 5 nitrogen and oxygen atoms in total. The zero-order valence-electron chi connectivity index (χ0n) is 19.1. The van der Waals surface area contributed by atoms with Gasteiger partial charge in [-0.25, -0.2) is 8.42 Å². The predicted octanol–water partition coefficient (Wildman–Crippen LogP) is 5.21. The number of Topliss-reactive ketones (excluding diaryl/α,β-unsaturated/α-hetero) is 1. The van der Waals surface area contributed by atoms with Gasteiger partial charge in [0.15, 0.2) is 5.78 Å². The minimum Gasteiger partial charge on any atom is -0.294 e. The summed E-state index contributed by atoms with van der Waals surface area (Å²) >= 11 is 0. The largest absolute Gasteiger partial charge is 0.294 e. The number of rotatable bonds is 6. The Morgan fingerprint density at radius 2 is 1.66 bits per heavy atom. The molecule has 1 amide bonds. The van der Waals surface area contributed by atoms with Crippen LogP contribution in [0.4, 0.5) is 11.4 Å². The Labute approximate surface area is 190 Å². The smallest absolute Gasteiger partial charge is 0.241 e. The van der Waals surface area contributed by atoms with Crippen LogP contribution < -0.4 is 4.90 Å². The monoisotopic (exact) mass is 453 g/mol. The van der Waals surface area contributed by atoms with E-state index in [1.807, 2.05) is 56.3 Å². The molecule has 1 saturated carbocycles. The fourth-order valence-electron chi connectivity index (χ4n) is 5.42. The number of ketones is 1. The van der Waals surface area contributed by atoms with Crippen LogP contribution in [0.25, 0.3) is 0 Å². The van der Waals surface area contributed by atoms with Gasteiger partial charge in [0.2, 0.25) is 5.91 Å². The van der Waals surface area contributed by atoms with E-state index >= 15 is 0 Å². The van der Waals surface area contributed by atoms with Crippen molar-refractivity contribution in [2.24, 2.45) is 5.41 Å². The number of fused-ring (bicyclic) bond motifs is 1.